The van der Waals surface area contributed by atoms with Crippen LogP contribution in [0.2, 0.25) is 0 Å². The third kappa shape index (κ3) is 3.65. The van der Waals surface area contributed by atoms with Gasteiger partial charge < -0.3 is 13.7 Å². The minimum absolute atomic E-state index is 0.222. The molecule has 0 aliphatic rings. The lowest BCUT2D eigenvalue weighted by Gasteiger charge is -2.13. The van der Waals surface area contributed by atoms with Crippen LogP contribution in [-0.2, 0) is 24.4 Å². The average molecular weight is 423 g/mol. The number of benzene rings is 1. The molecule has 0 bridgehead atoms. The lowest BCUT2D eigenvalue weighted by atomic mass is 10.1. The topological polar surface area (TPSA) is 118 Å². The molecule has 0 N–H and O–H groups in total. The summed E-state index contributed by atoms with van der Waals surface area (Å²) in [7, 11) is -5.46. The summed E-state index contributed by atoms with van der Waals surface area (Å²) in [5.41, 5.74) is -6.99. The van der Waals surface area contributed by atoms with Crippen LogP contribution in [0.4, 0.5) is 18.0 Å². The second-order valence-electron chi connectivity index (χ2n) is 5.04. The quantitative estimate of drug-likeness (QED) is 0.236. The Labute approximate surface area is 155 Å². The Hall–Kier alpha value is -3.09. The number of carbonyl (C=O) groups is 3. The average Bonchev–Trinajstić information content (AvgIpc) is 2.92. The number of aromatic nitrogens is 1. The van der Waals surface area contributed by atoms with Crippen molar-refractivity contribution in [2.75, 3.05) is 13.7 Å². The van der Waals surface area contributed by atoms with Crippen LogP contribution in [0, 0.1) is 0 Å². The van der Waals surface area contributed by atoms with Gasteiger partial charge in [-0.3, -0.25) is 4.79 Å². The van der Waals surface area contributed by atoms with Crippen molar-refractivity contribution in [2.24, 2.45) is 0 Å². The third-order valence-electron chi connectivity index (χ3n) is 3.35. The number of ether oxygens (including phenoxy) is 2. The van der Waals surface area contributed by atoms with Crippen molar-refractivity contribution in [2.45, 2.75) is 12.4 Å². The van der Waals surface area contributed by atoms with Crippen molar-refractivity contribution in [3.63, 3.8) is 0 Å². The summed E-state index contributed by atoms with van der Waals surface area (Å²) >= 11 is 0. The molecule has 0 aliphatic heterocycles. The molecule has 0 unspecified atom stereocenters. The highest BCUT2D eigenvalue weighted by Crippen LogP contribution is 2.36. The fourth-order valence-electron chi connectivity index (χ4n) is 2.23. The number of rotatable bonds is 5. The largest absolute Gasteiger partial charge is 0.534 e. The minimum atomic E-state index is -6.29. The number of alkyl halides is 3. The van der Waals surface area contributed by atoms with Crippen LogP contribution in [0.25, 0.3) is 10.9 Å². The summed E-state index contributed by atoms with van der Waals surface area (Å²) in [5.74, 6) is -4.37. The lowest BCUT2D eigenvalue weighted by Crippen LogP contribution is -2.30. The van der Waals surface area contributed by atoms with E-state index in [0.717, 1.165) is 7.11 Å². The zero-order valence-corrected chi connectivity index (χ0v) is 15.1. The molecular weight excluding hydrogens is 411 g/mol. The summed E-state index contributed by atoms with van der Waals surface area (Å²) in [6.07, 6.45) is -1.32. The van der Waals surface area contributed by atoms with Gasteiger partial charge in [0.25, 0.3) is 5.78 Å². The molecule has 1 heterocycles. The highest BCUT2D eigenvalue weighted by molar-refractivity contribution is 7.88. The van der Waals surface area contributed by atoms with E-state index in [0.29, 0.717) is 4.57 Å². The first-order valence-corrected chi connectivity index (χ1v) is 8.81. The first-order valence-electron chi connectivity index (χ1n) is 7.40. The van der Waals surface area contributed by atoms with Gasteiger partial charge in [0, 0.05) is 5.39 Å². The fraction of sp³-hybridized carbons (Fsp3) is 0.267. The number of hydrogen-bond donors (Lipinski definition) is 0. The standard InChI is InChI=1S/C15H12F3NO8S/c1-3-26-14(22)19-9-7-5-4-6-8(9)10(11(20)13(21)25-2)12(19)27-28(23,24)15(16,17)18/h4-7H,3H2,1-2H3. The normalized spacial score (nSPS) is 11.9. The minimum Gasteiger partial charge on any atom is -0.463 e. The van der Waals surface area contributed by atoms with Crippen LogP contribution >= 0.6 is 0 Å². The highest BCUT2D eigenvalue weighted by atomic mass is 32.2. The first-order chi connectivity index (χ1) is 13.0. The van der Waals surface area contributed by atoms with Gasteiger partial charge >= 0.3 is 27.7 Å². The van der Waals surface area contributed by atoms with E-state index in [1.807, 2.05) is 0 Å². The molecule has 0 amide bonds. The van der Waals surface area contributed by atoms with Crippen molar-refractivity contribution in [3.05, 3.63) is 29.8 Å². The maximum Gasteiger partial charge on any atom is 0.534 e. The maximum absolute atomic E-state index is 12.8. The number of esters is 1. The number of para-hydroxylation sites is 1. The lowest BCUT2D eigenvalue weighted by molar-refractivity contribution is -0.135. The van der Waals surface area contributed by atoms with Gasteiger partial charge in [0.05, 0.1) is 19.2 Å². The zero-order chi connectivity index (χ0) is 21.3. The predicted octanol–water partition coefficient (Wildman–Crippen LogP) is 2.23. The van der Waals surface area contributed by atoms with Crippen LogP contribution in [0.15, 0.2) is 24.3 Å². The van der Waals surface area contributed by atoms with Gasteiger partial charge in [-0.2, -0.15) is 21.6 Å². The van der Waals surface area contributed by atoms with E-state index in [-0.39, 0.29) is 17.5 Å². The molecule has 0 atom stereocenters. The molecule has 2 aromatic rings. The van der Waals surface area contributed by atoms with Gasteiger partial charge in [0.2, 0.25) is 5.88 Å². The Morgan fingerprint density at radius 1 is 1.14 bits per heavy atom. The molecule has 0 spiro atoms. The predicted molar refractivity (Wildman–Crippen MR) is 86.3 cm³/mol. The molecule has 0 saturated carbocycles. The van der Waals surface area contributed by atoms with Crippen molar-refractivity contribution in [1.82, 2.24) is 4.57 Å². The molecule has 1 aromatic carbocycles. The molecule has 28 heavy (non-hydrogen) atoms. The number of halogens is 3. The third-order valence-corrected chi connectivity index (χ3v) is 4.30. The molecule has 2 rings (SSSR count). The molecule has 0 fully saturated rings. The van der Waals surface area contributed by atoms with E-state index >= 15 is 0 Å². The molecule has 1 aromatic heterocycles. The molecule has 0 radical (unpaired) electrons. The number of nitrogens with zero attached hydrogens (tertiary/aromatic N) is 1. The highest BCUT2D eigenvalue weighted by Gasteiger charge is 2.50. The molecule has 13 heteroatoms. The Kier molecular flexibility index (Phi) is 5.68. The molecular formula is C15H12F3NO8S. The van der Waals surface area contributed by atoms with Crippen LogP contribution in [-0.4, -0.2) is 50.1 Å². The Bertz CT molecular complexity index is 1060. The Morgan fingerprint density at radius 3 is 2.29 bits per heavy atom. The number of Topliss-reactive ketones (excluding diaryl/α,β-unsaturated/α-hetero) is 1. The van der Waals surface area contributed by atoms with Crippen LogP contribution in [0.1, 0.15) is 17.3 Å². The molecule has 0 aliphatic carbocycles. The van der Waals surface area contributed by atoms with Crippen molar-refractivity contribution >= 4 is 38.9 Å². The van der Waals surface area contributed by atoms with Crippen molar-refractivity contribution in [1.29, 1.82) is 0 Å². The molecule has 0 saturated heterocycles. The SMILES string of the molecule is CCOC(=O)n1c(OS(=O)(=O)C(F)(F)F)c(C(=O)C(=O)OC)c2ccccc21. The van der Waals surface area contributed by atoms with E-state index in [1.165, 1.54) is 31.2 Å². The smallest absolute Gasteiger partial charge is 0.463 e. The van der Waals surface area contributed by atoms with E-state index in [4.69, 9.17) is 4.74 Å². The summed E-state index contributed by atoms with van der Waals surface area (Å²) in [6.45, 7) is 1.16. The zero-order valence-electron chi connectivity index (χ0n) is 14.3. The van der Waals surface area contributed by atoms with E-state index < -0.39 is 44.9 Å². The Morgan fingerprint density at radius 2 is 1.75 bits per heavy atom. The fourth-order valence-corrected chi connectivity index (χ4v) is 2.69. The number of carbonyl (C=O) groups excluding carboxylic acids is 3. The van der Waals surface area contributed by atoms with Crippen LogP contribution in [0.3, 0.4) is 0 Å². The van der Waals surface area contributed by atoms with Crippen LogP contribution < -0.4 is 4.18 Å². The summed E-state index contributed by atoms with van der Waals surface area (Å²) in [4.78, 5) is 36.2. The van der Waals surface area contributed by atoms with Gasteiger partial charge in [0.1, 0.15) is 5.56 Å². The van der Waals surface area contributed by atoms with Gasteiger partial charge in [0.15, 0.2) is 0 Å². The molecule has 152 valence electrons. The van der Waals surface area contributed by atoms with Gasteiger partial charge in [-0.05, 0) is 13.0 Å². The number of ketones is 1. The second kappa shape index (κ2) is 7.50. The Balaban J connectivity index is 2.90. The molecule has 9 nitrogen and oxygen atoms in total. The van der Waals surface area contributed by atoms with E-state index in [1.54, 1.807) is 0 Å². The van der Waals surface area contributed by atoms with Gasteiger partial charge in [-0.25, -0.2) is 14.2 Å². The van der Waals surface area contributed by atoms with Crippen molar-refractivity contribution < 1.29 is 49.6 Å². The van der Waals surface area contributed by atoms with E-state index in [9.17, 15) is 36.0 Å². The monoisotopic (exact) mass is 423 g/mol. The van der Waals surface area contributed by atoms with Gasteiger partial charge in [-0.1, -0.05) is 18.2 Å². The summed E-state index contributed by atoms with van der Waals surface area (Å²) in [6, 6.07) is 5.06. The van der Waals surface area contributed by atoms with E-state index in [2.05, 4.69) is 8.92 Å². The van der Waals surface area contributed by atoms with Gasteiger partial charge in [-0.15, -0.1) is 0 Å². The first kappa shape index (κ1) is 21.2. The summed E-state index contributed by atoms with van der Waals surface area (Å²) in [5, 5.41) is -0.224. The number of hydrogen-bond acceptors (Lipinski definition) is 8. The maximum atomic E-state index is 12.8. The summed E-state index contributed by atoms with van der Waals surface area (Å²) < 4.78 is 74.7. The number of methoxy groups -OCH3 is 1. The number of fused-ring (bicyclic) bond motifs is 1. The second-order valence-corrected chi connectivity index (χ2v) is 6.57. The van der Waals surface area contributed by atoms with Crippen molar-refractivity contribution in [3.8, 4) is 5.88 Å². The van der Waals surface area contributed by atoms with Crippen LogP contribution in [0.5, 0.6) is 5.88 Å².